The van der Waals surface area contributed by atoms with E-state index in [9.17, 15) is 4.79 Å². The monoisotopic (exact) mass is 243 g/mol. The number of rotatable bonds is 5. The number of benzene rings is 1. The highest BCUT2D eigenvalue weighted by Gasteiger charge is 2.04. The number of ether oxygens (including phenoxy) is 1. The first-order chi connectivity index (χ1) is 7.67. The number of methoxy groups -OCH3 is 1. The Balaban J connectivity index is 2.58. The lowest BCUT2D eigenvalue weighted by atomic mass is 10.1. The van der Waals surface area contributed by atoms with Crippen molar-refractivity contribution in [2.24, 2.45) is 0 Å². The van der Waals surface area contributed by atoms with Gasteiger partial charge in [-0.05, 0) is 30.2 Å². The topological polar surface area (TPSA) is 58.6 Å². The van der Waals surface area contributed by atoms with Gasteiger partial charge in [0.2, 0.25) is 5.91 Å². The first-order valence-electron chi connectivity index (χ1n) is 4.87. The lowest BCUT2D eigenvalue weighted by Gasteiger charge is -2.09. The molecule has 1 amide bonds. The molecule has 1 aromatic carbocycles. The number of carbonyl (C=O) groups is 1. The smallest absolute Gasteiger partial charge is 0.245 e. The van der Waals surface area contributed by atoms with Gasteiger partial charge >= 0.3 is 0 Å². The molecule has 0 spiro atoms. The van der Waals surface area contributed by atoms with Crippen LogP contribution in [-0.2, 0) is 11.2 Å². The van der Waals surface area contributed by atoms with Gasteiger partial charge in [0.15, 0.2) is 0 Å². The maximum Gasteiger partial charge on any atom is 0.245 e. The molecule has 0 aliphatic carbocycles. The Hall–Kier alpha value is -1.26. The average Bonchev–Trinajstić information content (AvgIpc) is 2.29. The van der Waals surface area contributed by atoms with Crippen LogP contribution in [0.1, 0.15) is 5.56 Å². The third-order valence-electron chi connectivity index (χ3n) is 2.10. The fraction of sp³-hybridized carbons (Fsp3) is 0.364. The summed E-state index contributed by atoms with van der Waals surface area (Å²) in [6.45, 7) is -0.0528. The summed E-state index contributed by atoms with van der Waals surface area (Å²) < 4.78 is 5.16. The first kappa shape index (κ1) is 12.8. The predicted molar refractivity (Wildman–Crippen MR) is 61.8 cm³/mol. The number of amides is 1. The normalized spacial score (nSPS) is 9.94. The molecule has 2 N–H and O–H groups in total. The van der Waals surface area contributed by atoms with Crippen LogP contribution in [0.25, 0.3) is 0 Å². The van der Waals surface area contributed by atoms with Crippen molar-refractivity contribution in [3.63, 3.8) is 0 Å². The Kier molecular flexibility index (Phi) is 5.08. The van der Waals surface area contributed by atoms with Gasteiger partial charge in [0, 0.05) is 11.6 Å². The minimum atomic E-state index is -0.493. The summed E-state index contributed by atoms with van der Waals surface area (Å²) in [6, 6.07) is 5.33. The molecule has 16 heavy (non-hydrogen) atoms. The molecule has 5 heteroatoms. The Bertz CT molecular complexity index is 368. The van der Waals surface area contributed by atoms with Crippen molar-refractivity contribution < 1.29 is 14.6 Å². The second kappa shape index (κ2) is 6.35. The molecule has 0 radical (unpaired) electrons. The van der Waals surface area contributed by atoms with E-state index in [1.54, 1.807) is 25.3 Å². The van der Waals surface area contributed by atoms with Crippen LogP contribution in [-0.4, -0.2) is 31.3 Å². The van der Waals surface area contributed by atoms with E-state index in [0.29, 0.717) is 18.0 Å². The first-order valence-corrected chi connectivity index (χ1v) is 5.25. The highest BCUT2D eigenvalue weighted by atomic mass is 35.5. The van der Waals surface area contributed by atoms with E-state index in [4.69, 9.17) is 21.4 Å². The SMILES string of the molecule is COc1ccc(Cl)cc1CCNC(=O)CO. The summed E-state index contributed by atoms with van der Waals surface area (Å²) in [5, 5.41) is 11.7. The molecule has 4 nitrogen and oxygen atoms in total. The van der Waals surface area contributed by atoms with Crippen LogP contribution in [0, 0.1) is 0 Å². The van der Waals surface area contributed by atoms with Gasteiger partial charge in [-0.15, -0.1) is 0 Å². The number of halogens is 1. The van der Waals surface area contributed by atoms with Crippen LogP contribution < -0.4 is 10.1 Å². The lowest BCUT2D eigenvalue weighted by Crippen LogP contribution is -2.28. The molecule has 0 bridgehead atoms. The van der Waals surface area contributed by atoms with Crippen LogP contribution in [0.15, 0.2) is 18.2 Å². The third-order valence-corrected chi connectivity index (χ3v) is 2.34. The zero-order valence-electron chi connectivity index (χ0n) is 9.00. The summed E-state index contributed by atoms with van der Waals surface area (Å²) in [4.78, 5) is 10.8. The van der Waals surface area contributed by atoms with Gasteiger partial charge in [0.1, 0.15) is 12.4 Å². The fourth-order valence-electron chi connectivity index (χ4n) is 1.34. The van der Waals surface area contributed by atoms with Crippen molar-refractivity contribution in [2.75, 3.05) is 20.3 Å². The van der Waals surface area contributed by atoms with Crippen molar-refractivity contribution in [3.05, 3.63) is 28.8 Å². The standard InChI is InChI=1S/C11H14ClNO3/c1-16-10-3-2-9(12)6-8(10)4-5-13-11(15)7-14/h2-3,6,14H,4-5,7H2,1H3,(H,13,15). The zero-order chi connectivity index (χ0) is 12.0. The van der Waals surface area contributed by atoms with Crippen LogP contribution in [0.4, 0.5) is 0 Å². The summed E-state index contributed by atoms with van der Waals surface area (Å²) >= 11 is 5.86. The maximum atomic E-state index is 10.8. The minimum Gasteiger partial charge on any atom is -0.496 e. The van der Waals surface area contributed by atoms with E-state index >= 15 is 0 Å². The molecule has 0 saturated carbocycles. The van der Waals surface area contributed by atoms with Crippen molar-refractivity contribution in [1.82, 2.24) is 5.32 Å². The van der Waals surface area contributed by atoms with E-state index in [-0.39, 0.29) is 5.91 Å². The molecule has 1 aromatic rings. The highest BCUT2D eigenvalue weighted by Crippen LogP contribution is 2.22. The van der Waals surface area contributed by atoms with Gasteiger partial charge in [0.05, 0.1) is 7.11 Å². The van der Waals surface area contributed by atoms with Gasteiger partial charge in [-0.1, -0.05) is 11.6 Å². The van der Waals surface area contributed by atoms with Crippen molar-refractivity contribution in [2.45, 2.75) is 6.42 Å². The second-order valence-electron chi connectivity index (χ2n) is 3.21. The quantitative estimate of drug-likeness (QED) is 0.811. The molecule has 1 rings (SSSR count). The molecule has 0 aromatic heterocycles. The summed E-state index contributed by atoms with van der Waals surface area (Å²) in [6.07, 6.45) is 0.607. The zero-order valence-corrected chi connectivity index (χ0v) is 9.75. The van der Waals surface area contributed by atoms with Gasteiger partial charge in [-0.25, -0.2) is 0 Å². The summed E-state index contributed by atoms with van der Waals surface area (Å²) in [5.41, 5.74) is 0.924. The van der Waals surface area contributed by atoms with Crippen LogP contribution >= 0.6 is 11.6 Å². The highest BCUT2D eigenvalue weighted by molar-refractivity contribution is 6.30. The van der Waals surface area contributed by atoms with Crippen molar-refractivity contribution in [3.8, 4) is 5.75 Å². The van der Waals surface area contributed by atoms with E-state index < -0.39 is 6.61 Å². The molecular formula is C11H14ClNO3. The summed E-state index contributed by atoms with van der Waals surface area (Å²) in [5.74, 6) is 0.351. The molecular weight excluding hydrogens is 230 g/mol. The number of carbonyl (C=O) groups excluding carboxylic acids is 1. The third kappa shape index (κ3) is 3.72. The Labute approximate surface area is 99.2 Å². The second-order valence-corrected chi connectivity index (χ2v) is 3.65. The van der Waals surface area contributed by atoms with Gasteiger partial charge in [-0.3, -0.25) is 4.79 Å². The number of aliphatic hydroxyl groups excluding tert-OH is 1. The molecule has 0 atom stereocenters. The molecule has 0 saturated heterocycles. The molecule has 0 aliphatic heterocycles. The van der Waals surface area contributed by atoms with E-state index in [0.717, 1.165) is 11.3 Å². The lowest BCUT2D eigenvalue weighted by molar-refractivity contribution is -0.123. The van der Waals surface area contributed by atoms with E-state index in [1.165, 1.54) is 0 Å². The number of nitrogens with one attached hydrogen (secondary N) is 1. The Morgan fingerprint density at radius 2 is 2.31 bits per heavy atom. The van der Waals surface area contributed by atoms with Crippen molar-refractivity contribution >= 4 is 17.5 Å². The number of aliphatic hydroxyl groups is 1. The van der Waals surface area contributed by atoms with Gasteiger partial charge in [0.25, 0.3) is 0 Å². The van der Waals surface area contributed by atoms with Crippen LogP contribution in [0.5, 0.6) is 5.75 Å². The van der Waals surface area contributed by atoms with E-state index in [1.807, 2.05) is 0 Å². The fourth-order valence-corrected chi connectivity index (χ4v) is 1.53. The molecule has 0 unspecified atom stereocenters. The molecule has 88 valence electrons. The Morgan fingerprint density at radius 3 is 2.94 bits per heavy atom. The van der Waals surface area contributed by atoms with Crippen LogP contribution in [0.3, 0.4) is 0 Å². The largest absolute Gasteiger partial charge is 0.496 e. The molecule has 0 heterocycles. The molecule has 0 fully saturated rings. The average molecular weight is 244 g/mol. The van der Waals surface area contributed by atoms with E-state index in [2.05, 4.69) is 5.32 Å². The minimum absolute atomic E-state index is 0.388. The van der Waals surface area contributed by atoms with Gasteiger partial charge < -0.3 is 15.2 Å². The number of hydrogen-bond acceptors (Lipinski definition) is 3. The summed E-state index contributed by atoms with van der Waals surface area (Å²) in [7, 11) is 1.58. The maximum absolute atomic E-state index is 10.8. The van der Waals surface area contributed by atoms with Gasteiger partial charge in [-0.2, -0.15) is 0 Å². The Morgan fingerprint density at radius 1 is 1.56 bits per heavy atom. The van der Waals surface area contributed by atoms with Crippen molar-refractivity contribution in [1.29, 1.82) is 0 Å². The van der Waals surface area contributed by atoms with Crippen LogP contribution in [0.2, 0.25) is 5.02 Å². The predicted octanol–water partition coefficient (Wildman–Crippen LogP) is 1.000. The molecule has 0 aliphatic rings. The number of hydrogen-bond donors (Lipinski definition) is 2.